The van der Waals surface area contributed by atoms with Gasteiger partial charge in [-0.15, -0.1) is 0 Å². The van der Waals surface area contributed by atoms with Crippen LogP contribution in [-0.4, -0.2) is 8.42 Å². The van der Waals surface area contributed by atoms with E-state index < -0.39 is 37.9 Å². The highest BCUT2D eigenvalue weighted by Gasteiger charge is 2.21. The van der Waals surface area contributed by atoms with Crippen molar-refractivity contribution in [3.63, 3.8) is 0 Å². The fourth-order valence-electron chi connectivity index (χ4n) is 1.89. The number of hydrogen-bond acceptors (Lipinski definition) is 3. The Bertz CT molecular complexity index is 776. The molecule has 0 heterocycles. The maximum Gasteiger partial charge on any atom is 0.185 e. The van der Waals surface area contributed by atoms with Crippen LogP contribution in [0.15, 0.2) is 41.3 Å². The largest absolute Gasteiger partial charge is 0.326 e. The average molecular weight is 315 g/mol. The van der Waals surface area contributed by atoms with Crippen molar-refractivity contribution in [3.05, 3.63) is 65.0 Å². The van der Waals surface area contributed by atoms with Crippen LogP contribution in [-0.2, 0) is 22.1 Å². The van der Waals surface area contributed by atoms with Crippen molar-refractivity contribution in [1.29, 1.82) is 0 Å². The summed E-state index contributed by atoms with van der Waals surface area (Å²) in [6, 6.07) is 5.86. The highest BCUT2D eigenvalue weighted by atomic mass is 32.2. The molecule has 0 aliphatic carbocycles. The van der Waals surface area contributed by atoms with E-state index in [0.717, 1.165) is 18.2 Å². The molecule has 2 rings (SSSR count). The third-order valence-electron chi connectivity index (χ3n) is 2.92. The molecule has 2 N–H and O–H groups in total. The fraction of sp³-hybridized carbons (Fsp3) is 0.143. The van der Waals surface area contributed by atoms with Gasteiger partial charge in [-0.1, -0.05) is 12.1 Å². The van der Waals surface area contributed by atoms with Gasteiger partial charge in [-0.05, 0) is 29.8 Å². The molecule has 2 aromatic rings. The quantitative estimate of drug-likeness (QED) is 0.943. The van der Waals surface area contributed by atoms with Gasteiger partial charge in [-0.3, -0.25) is 0 Å². The fourth-order valence-corrected chi connectivity index (χ4v) is 3.32. The maximum absolute atomic E-state index is 13.6. The second-order valence-electron chi connectivity index (χ2n) is 4.46. The van der Waals surface area contributed by atoms with E-state index in [1.165, 1.54) is 12.1 Å². The summed E-state index contributed by atoms with van der Waals surface area (Å²) in [4.78, 5) is -0.721. The lowest BCUT2D eigenvalue weighted by Crippen LogP contribution is -2.09. The summed E-state index contributed by atoms with van der Waals surface area (Å²) in [5, 5.41) is 0. The first-order valence-corrected chi connectivity index (χ1v) is 7.64. The van der Waals surface area contributed by atoms with Crippen LogP contribution < -0.4 is 5.73 Å². The summed E-state index contributed by atoms with van der Waals surface area (Å²) in [7, 11) is -4.08. The van der Waals surface area contributed by atoms with E-state index in [0.29, 0.717) is 6.07 Å². The minimum atomic E-state index is -4.08. The van der Waals surface area contributed by atoms with Crippen LogP contribution in [0, 0.1) is 17.5 Å². The van der Waals surface area contributed by atoms with Crippen LogP contribution in [0.25, 0.3) is 0 Å². The maximum atomic E-state index is 13.6. The summed E-state index contributed by atoms with van der Waals surface area (Å²) < 4.78 is 64.2. The molecule has 21 heavy (non-hydrogen) atoms. The number of rotatable bonds is 4. The molecular weight excluding hydrogens is 303 g/mol. The Labute approximate surface area is 120 Å². The van der Waals surface area contributed by atoms with Gasteiger partial charge in [-0.25, -0.2) is 21.6 Å². The van der Waals surface area contributed by atoms with Crippen molar-refractivity contribution in [1.82, 2.24) is 0 Å². The van der Waals surface area contributed by atoms with Crippen molar-refractivity contribution in [2.45, 2.75) is 17.2 Å². The zero-order valence-electron chi connectivity index (χ0n) is 10.8. The van der Waals surface area contributed by atoms with Gasteiger partial charge in [0.2, 0.25) is 0 Å². The Morgan fingerprint density at radius 1 is 0.952 bits per heavy atom. The van der Waals surface area contributed by atoms with Crippen LogP contribution in [0.3, 0.4) is 0 Å². The molecule has 112 valence electrons. The molecule has 2 aromatic carbocycles. The monoisotopic (exact) mass is 315 g/mol. The van der Waals surface area contributed by atoms with Gasteiger partial charge >= 0.3 is 0 Å². The number of halogens is 3. The lowest BCUT2D eigenvalue weighted by molar-refractivity contribution is 0.552. The second kappa shape index (κ2) is 5.87. The minimum Gasteiger partial charge on any atom is -0.326 e. The molecule has 0 aliphatic heterocycles. The molecule has 0 fully saturated rings. The number of hydrogen-bond donors (Lipinski definition) is 1. The molecule has 0 saturated heterocycles. The van der Waals surface area contributed by atoms with Crippen LogP contribution in [0.4, 0.5) is 13.2 Å². The van der Waals surface area contributed by atoms with Gasteiger partial charge in [0.05, 0.1) is 5.75 Å². The Kier molecular flexibility index (Phi) is 4.34. The average Bonchev–Trinajstić information content (AvgIpc) is 2.43. The molecule has 0 unspecified atom stereocenters. The van der Waals surface area contributed by atoms with E-state index in [1.54, 1.807) is 0 Å². The predicted octanol–water partition coefficient (Wildman–Crippen LogP) is 2.54. The standard InChI is InChI=1S/C14H12F3NO2S/c15-11-2-4-13(17)14(6-11)21(19,20)8-9-1-3-12(16)10(5-9)7-18/h1-6H,7-8,18H2. The lowest BCUT2D eigenvalue weighted by Gasteiger charge is -2.08. The first-order valence-electron chi connectivity index (χ1n) is 5.98. The Morgan fingerprint density at radius 2 is 1.62 bits per heavy atom. The van der Waals surface area contributed by atoms with Crippen LogP contribution in [0.2, 0.25) is 0 Å². The van der Waals surface area contributed by atoms with Crippen LogP contribution in [0.1, 0.15) is 11.1 Å². The zero-order chi connectivity index (χ0) is 15.6. The molecule has 0 amide bonds. The number of sulfone groups is 1. The van der Waals surface area contributed by atoms with Crippen LogP contribution >= 0.6 is 0 Å². The van der Waals surface area contributed by atoms with E-state index >= 15 is 0 Å². The van der Waals surface area contributed by atoms with Gasteiger partial charge in [0.25, 0.3) is 0 Å². The smallest absolute Gasteiger partial charge is 0.185 e. The Morgan fingerprint density at radius 3 is 2.29 bits per heavy atom. The first kappa shape index (κ1) is 15.5. The van der Waals surface area contributed by atoms with Gasteiger partial charge in [-0.2, -0.15) is 0 Å². The number of nitrogens with two attached hydrogens (primary N) is 1. The van der Waals surface area contributed by atoms with E-state index in [9.17, 15) is 21.6 Å². The highest BCUT2D eigenvalue weighted by Crippen LogP contribution is 2.21. The van der Waals surface area contributed by atoms with Gasteiger partial charge < -0.3 is 5.73 Å². The lowest BCUT2D eigenvalue weighted by atomic mass is 10.1. The van der Waals surface area contributed by atoms with Crippen molar-refractivity contribution in [2.75, 3.05) is 0 Å². The van der Waals surface area contributed by atoms with E-state index in [4.69, 9.17) is 5.73 Å². The summed E-state index contributed by atoms with van der Waals surface area (Å²) in [6.45, 7) is -0.0892. The molecular formula is C14H12F3NO2S. The highest BCUT2D eigenvalue weighted by molar-refractivity contribution is 7.90. The molecule has 0 bridgehead atoms. The Balaban J connectivity index is 2.40. The van der Waals surface area contributed by atoms with Gasteiger partial charge in [0.1, 0.15) is 22.3 Å². The third kappa shape index (κ3) is 3.43. The molecule has 3 nitrogen and oxygen atoms in total. The van der Waals surface area contributed by atoms with E-state index in [-0.39, 0.29) is 17.7 Å². The van der Waals surface area contributed by atoms with Crippen molar-refractivity contribution in [3.8, 4) is 0 Å². The molecule has 7 heteroatoms. The molecule has 0 radical (unpaired) electrons. The van der Waals surface area contributed by atoms with E-state index in [2.05, 4.69) is 0 Å². The summed E-state index contributed by atoms with van der Waals surface area (Å²) in [5.74, 6) is -2.99. The van der Waals surface area contributed by atoms with Crippen LogP contribution in [0.5, 0.6) is 0 Å². The Hall–Kier alpha value is -1.86. The first-order chi connectivity index (χ1) is 9.83. The van der Waals surface area contributed by atoms with Crippen molar-refractivity contribution in [2.24, 2.45) is 5.73 Å². The van der Waals surface area contributed by atoms with E-state index in [1.807, 2.05) is 0 Å². The predicted molar refractivity (Wildman–Crippen MR) is 71.5 cm³/mol. The summed E-state index contributed by atoms with van der Waals surface area (Å²) in [6.07, 6.45) is 0. The third-order valence-corrected chi connectivity index (χ3v) is 4.61. The zero-order valence-corrected chi connectivity index (χ0v) is 11.6. The van der Waals surface area contributed by atoms with Crippen molar-refractivity contribution < 1.29 is 21.6 Å². The number of benzene rings is 2. The molecule has 0 atom stereocenters. The molecule has 0 spiro atoms. The molecule has 0 saturated carbocycles. The molecule has 0 aromatic heterocycles. The minimum absolute atomic E-state index is 0.0892. The summed E-state index contributed by atoms with van der Waals surface area (Å²) >= 11 is 0. The van der Waals surface area contributed by atoms with Gasteiger partial charge in [0, 0.05) is 12.1 Å². The van der Waals surface area contributed by atoms with Gasteiger partial charge in [0.15, 0.2) is 9.84 Å². The summed E-state index contributed by atoms with van der Waals surface area (Å²) in [5.41, 5.74) is 5.74. The van der Waals surface area contributed by atoms with Crippen molar-refractivity contribution >= 4 is 9.84 Å². The normalized spacial score (nSPS) is 11.6. The second-order valence-corrected chi connectivity index (χ2v) is 6.42. The SMILES string of the molecule is NCc1cc(CS(=O)(=O)c2cc(F)ccc2F)ccc1F. The molecule has 0 aliphatic rings. The topological polar surface area (TPSA) is 60.2 Å².